The van der Waals surface area contributed by atoms with Crippen LogP contribution in [-0.2, 0) is 4.79 Å². The zero-order valence-corrected chi connectivity index (χ0v) is 16.6. The largest absolute Gasteiger partial charge is 0.329 e. The fourth-order valence-electron chi connectivity index (χ4n) is 2.54. The highest BCUT2D eigenvalue weighted by molar-refractivity contribution is 7.13. The Labute approximate surface area is 166 Å². The number of thiazole rings is 1. The van der Waals surface area contributed by atoms with Gasteiger partial charge in [-0.25, -0.2) is 4.98 Å². The van der Waals surface area contributed by atoms with E-state index < -0.39 is 0 Å². The van der Waals surface area contributed by atoms with Crippen LogP contribution < -0.4 is 5.32 Å². The molecule has 5 nitrogen and oxygen atoms in total. The molecule has 1 aliphatic carbocycles. The monoisotopic (exact) mass is 411 g/mol. The van der Waals surface area contributed by atoms with Gasteiger partial charge in [-0.05, 0) is 37.5 Å². The molecule has 3 rings (SSSR count). The second-order valence-electron chi connectivity index (χ2n) is 6.24. The van der Waals surface area contributed by atoms with Crippen molar-refractivity contribution in [1.29, 1.82) is 0 Å². The van der Waals surface area contributed by atoms with E-state index in [1.807, 2.05) is 6.92 Å². The van der Waals surface area contributed by atoms with Gasteiger partial charge in [0.15, 0.2) is 0 Å². The predicted octanol–water partition coefficient (Wildman–Crippen LogP) is 4.82. The van der Waals surface area contributed by atoms with Gasteiger partial charge in [-0.2, -0.15) is 0 Å². The van der Waals surface area contributed by atoms with Crippen LogP contribution in [0.2, 0.25) is 10.0 Å². The van der Waals surface area contributed by atoms with Gasteiger partial charge in [0, 0.05) is 17.5 Å². The van der Waals surface area contributed by atoms with Crippen molar-refractivity contribution in [3.63, 3.8) is 0 Å². The summed E-state index contributed by atoms with van der Waals surface area (Å²) in [5.41, 5.74) is 0.432. The van der Waals surface area contributed by atoms with Gasteiger partial charge in [0.05, 0.1) is 21.9 Å². The fourth-order valence-corrected chi connectivity index (χ4v) is 3.93. The first-order valence-electron chi connectivity index (χ1n) is 8.47. The number of hydrogen-bond acceptors (Lipinski definition) is 4. The maximum atomic E-state index is 12.8. The first-order valence-corrected chi connectivity index (χ1v) is 10.0. The molecule has 0 saturated heterocycles. The first-order chi connectivity index (χ1) is 12.5. The molecule has 1 N–H and O–H groups in total. The highest BCUT2D eigenvalue weighted by Crippen LogP contribution is 2.41. The van der Waals surface area contributed by atoms with Crippen molar-refractivity contribution in [3.8, 4) is 0 Å². The lowest BCUT2D eigenvalue weighted by atomic mass is 10.3. The minimum absolute atomic E-state index is 0.0494. The minimum atomic E-state index is -0.317. The van der Waals surface area contributed by atoms with Crippen molar-refractivity contribution < 1.29 is 9.59 Å². The molecule has 2 aromatic rings. The molecule has 0 unspecified atom stereocenters. The number of amides is 2. The number of anilines is 1. The number of aromatic nitrogens is 1. The number of carbonyl (C=O) groups excluding carboxylic acids is 2. The molecule has 0 atom stereocenters. The summed E-state index contributed by atoms with van der Waals surface area (Å²) in [6, 6.07) is 4.85. The van der Waals surface area contributed by atoms with Crippen molar-refractivity contribution in [1.82, 2.24) is 9.88 Å². The average Bonchev–Trinajstić information content (AvgIpc) is 3.34. The number of carbonyl (C=O) groups is 2. The Bertz CT molecular complexity index is 821. The van der Waals surface area contributed by atoms with E-state index in [-0.39, 0.29) is 18.4 Å². The summed E-state index contributed by atoms with van der Waals surface area (Å²) in [5, 5.41) is 4.60. The van der Waals surface area contributed by atoms with E-state index in [9.17, 15) is 9.59 Å². The third-order valence-electron chi connectivity index (χ3n) is 3.98. The zero-order chi connectivity index (χ0) is 18.7. The molecule has 0 bridgehead atoms. The third kappa shape index (κ3) is 4.75. The van der Waals surface area contributed by atoms with Gasteiger partial charge in [-0.15, -0.1) is 11.3 Å². The Hall–Kier alpha value is -1.63. The quantitative estimate of drug-likeness (QED) is 0.710. The van der Waals surface area contributed by atoms with Crippen LogP contribution in [0.4, 0.5) is 5.69 Å². The number of hydrogen-bond donors (Lipinski definition) is 1. The smallest absolute Gasteiger partial charge is 0.266 e. The molecule has 138 valence electrons. The SMILES string of the molecule is CCCN(CC(=O)Nc1cc(Cl)ccc1Cl)C(=O)c1cnc(C2CC2)s1. The molecule has 2 amide bonds. The van der Waals surface area contributed by atoms with Gasteiger partial charge < -0.3 is 10.2 Å². The second-order valence-corrected chi connectivity index (χ2v) is 8.14. The summed E-state index contributed by atoms with van der Waals surface area (Å²) < 4.78 is 0. The zero-order valence-electron chi connectivity index (χ0n) is 14.3. The number of nitrogens with one attached hydrogen (secondary N) is 1. The molecule has 0 spiro atoms. The standard InChI is InChI=1S/C18H19Cl2N3O2S/c1-2-7-23(18(25)15-9-21-17(26-15)11-3-4-11)10-16(24)22-14-8-12(19)5-6-13(14)20/h5-6,8-9,11H,2-4,7,10H2,1H3,(H,22,24). The van der Waals surface area contributed by atoms with E-state index >= 15 is 0 Å². The van der Waals surface area contributed by atoms with Gasteiger partial charge in [0.25, 0.3) is 5.91 Å². The Kier molecular flexibility index (Phi) is 6.16. The van der Waals surface area contributed by atoms with E-state index in [2.05, 4.69) is 10.3 Å². The Morgan fingerprint density at radius 3 is 2.81 bits per heavy atom. The summed E-state index contributed by atoms with van der Waals surface area (Å²) in [6.07, 6.45) is 4.66. The summed E-state index contributed by atoms with van der Waals surface area (Å²) in [5.74, 6) is 0.0286. The normalized spacial score (nSPS) is 13.5. The number of rotatable bonds is 7. The number of benzene rings is 1. The summed E-state index contributed by atoms with van der Waals surface area (Å²) in [6.45, 7) is 2.41. The van der Waals surface area contributed by atoms with Crippen LogP contribution in [0.15, 0.2) is 24.4 Å². The van der Waals surface area contributed by atoms with Gasteiger partial charge in [0.2, 0.25) is 5.91 Å². The van der Waals surface area contributed by atoms with Gasteiger partial charge in [0.1, 0.15) is 11.4 Å². The van der Waals surface area contributed by atoms with Gasteiger partial charge >= 0.3 is 0 Å². The van der Waals surface area contributed by atoms with Crippen molar-refractivity contribution >= 4 is 52.0 Å². The van der Waals surface area contributed by atoms with E-state index in [1.165, 1.54) is 16.2 Å². The fraction of sp³-hybridized carbons (Fsp3) is 0.389. The molecular formula is C18H19Cl2N3O2S. The van der Waals surface area contributed by atoms with E-state index in [0.717, 1.165) is 24.3 Å². The molecule has 8 heteroatoms. The number of nitrogens with zero attached hydrogens (tertiary/aromatic N) is 2. The molecular weight excluding hydrogens is 393 g/mol. The lowest BCUT2D eigenvalue weighted by molar-refractivity contribution is -0.116. The molecule has 26 heavy (non-hydrogen) atoms. The maximum Gasteiger partial charge on any atom is 0.266 e. The van der Waals surface area contributed by atoms with Crippen molar-refractivity contribution in [3.05, 3.63) is 44.3 Å². The van der Waals surface area contributed by atoms with Crippen molar-refractivity contribution in [2.24, 2.45) is 0 Å². The summed E-state index contributed by atoms with van der Waals surface area (Å²) >= 11 is 13.4. The van der Waals surface area contributed by atoms with Crippen LogP contribution in [0.1, 0.15) is 46.8 Å². The minimum Gasteiger partial charge on any atom is -0.329 e. The number of halogens is 2. The molecule has 1 aromatic heterocycles. The highest BCUT2D eigenvalue weighted by Gasteiger charge is 2.28. The average molecular weight is 412 g/mol. The lowest BCUT2D eigenvalue weighted by Crippen LogP contribution is -2.38. The Morgan fingerprint density at radius 1 is 1.35 bits per heavy atom. The Morgan fingerprint density at radius 2 is 2.12 bits per heavy atom. The molecule has 1 aliphatic rings. The molecule has 1 heterocycles. The van der Waals surface area contributed by atoms with Gasteiger partial charge in [-0.1, -0.05) is 30.1 Å². The molecule has 0 radical (unpaired) electrons. The second kappa shape index (κ2) is 8.37. The van der Waals surface area contributed by atoms with Crippen LogP contribution in [0.25, 0.3) is 0 Å². The van der Waals surface area contributed by atoms with Crippen molar-refractivity contribution in [2.45, 2.75) is 32.1 Å². The summed E-state index contributed by atoms with van der Waals surface area (Å²) in [7, 11) is 0. The lowest BCUT2D eigenvalue weighted by Gasteiger charge is -2.21. The van der Waals surface area contributed by atoms with Crippen molar-refractivity contribution in [2.75, 3.05) is 18.4 Å². The van der Waals surface area contributed by atoms with E-state index in [0.29, 0.717) is 33.1 Å². The molecule has 0 aliphatic heterocycles. The highest BCUT2D eigenvalue weighted by atomic mass is 35.5. The van der Waals surface area contributed by atoms with Gasteiger partial charge in [-0.3, -0.25) is 9.59 Å². The molecule has 1 fully saturated rings. The topological polar surface area (TPSA) is 62.3 Å². The first kappa shape index (κ1) is 19.1. The maximum absolute atomic E-state index is 12.8. The van der Waals surface area contributed by atoms with Crippen LogP contribution in [0.3, 0.4) is 0 Å². The van der Waals surface area contributed by atoms with E-state index in [1.54, 1.807) is 24.4 Å². The van der Waals surface area contributed by atoms with Crippen LogP contribution in [0.5, 0.6) is 0 Å². The molecule has 1 aromatic carbocycles. The predicted molar refractivity (Wildman–Crippen MR) is 105 cm³/mol. The van der Waals surface area contributed by atoms with E-state index in [4.69, 9.17) is 23.2 Å². The summed E-state index contributed by atoms with van der Waals surface area (Å²) in [4.78, 5) is 31.6. The third-order valence-corrected chi connectivity index (χ3v) is 5.69. The van der Waals surface area contributed by atoms with Crippen LogP contribution in [-0.4, -0.2) is 34.8 Å². The Balaban J connectivity index is 1.67. The van der Waals surface area contributed by atoms with Crippen LogP contribution >= 0.6 is 34.5 Å². The molecule has 1 saturated carbocycles. The van der Waals surface area contributed by atoms with Crippen LogP contribution in [0, 0.1) is 0 Å².